The van der Waals surface area contributed by atoms with Crippen LogP contribution in [0, 0.1) is 11.6 Å². The molecule has 0 radical (unpaired) electrons. The van der Waals surface area contributed by atoms with Gasteiger partial charge in [0.2, 0.25) is 0 Å². The molecule has 3 aromatic heterocycles. The van der Waals surface area contributed by atoms with Crippen molar-refractivity contribution in [3.63, 3.8) is 0 Å². The Hall–Kier alpha value is -5.45. The molecule has 5 heterocycles. The number of halogens is 2. The third kappa shape index (κ3) is 6.59. The zero-order valence-electron chi connectivity index (χ0n) is 28.3. The van der Waals surface area contributed by atoms with E-state index < -0.39 is 17.0 Å². The molecule has 9 nitrogen and oxygen atoms in total. The zero-order chi connectivity index (χ0) is 34.8. The molecule has 0 amide bonds. The van der Waals surface area contributed by atoms with Crippen LogP contribution in [0.2, 0.25) is 0 Å². The SMILES string of the molecule is CCOC(=O)CCc1cccc(C2(C)CCCCc3cnc(cn3)Cc3c(c(F)cc4[nH]ccc34)Oc3ccc(F)c(c3)-c3nc2nn3C)c1. The summed E-state index contributed by atoms with van der Waals surface area (Å²) in [4.78, 5) is 29.5. The molecule has 0 saturated heterocycles. The third-order valence-corrected chi connectivity index (χ3v) is 9.49. The molecule has 0 saturated carbocycles. The first kappa shape index (κ1) is 33.1. The number of aryl methyl sites for hydroxylation is 3. The summed E-state index contributed by atoms with van der Waals surface area (Å²) >= 11 is 0. The van der Waals surface area contributed by atoms with Gasteiger partial charge in [-0.05, 0) is 74.9 Å². The van der Waals surface area contributed by atoms with Crippen molar-refractivity contribution in [3.05, 3.63) is 119 Å². The van der Waals surface area contributed by atoms with Crippen LogP contribution in [0.1, 0.15) is 73.4 Å². The van der Waals surface area contributed by atoms with Crippen molar-refractivity contribution in [3.8, 4) is 22.9 Å². The number of hydrogen-bond acceptors (Lipinski definition) is 7. The summed E-state index contributed by atoms with van der Waals surface area (Å²) in [6, 6.07) is 15.7. The molecule has 6 bridgehead atoms. The second-order valence-corrected chi connectivity index (χ2v) is 13.0. The van der Waals surface area contributed by atoms with Gasteiger partial charge in [0.25, 0.3) is 0 Å². The van der Waals surface area contributed by atoms with Crippen LogP contribution < -0.4 is 4.74 Å². The molecule has 1 atom stereocenters. The molecule has 0 spiro atoms. The Morgan fingerprint density at radius 2 is 1.88 bits per heavy atom. The predicted molar refractivity (Wildman–Crippen MR) is 185 cm³/mol. The molecule has 256 valence electrons. The van der Waals surface area contributed by atoms with E-state index in [9.17, 15) is 4.79 Å². The second-order valence-electron chi connectivity index (χ2n) is 13.0. The molecule has 3 aromatic carbocycles. The summed E-state index contributed by atoms with van der Waals surface area (Å²) in [6.07, 6.45) is 9.46. The smallest absolute Gasteiger partial charge is 0.306 e. The van der Waals surface area contributed by atoms with E-state index in [1.165, 1.54) is 24.3 Å². The number of H-pyrrole nitrogens is 1. The zero-order valence-corrected chi connectivity index (χ0v) is 28.3. The Bertz CT molecular complexity index is 2180. The van der Waals surface area contributed by atoms with E-state index in [2.05, 4.69) is 23.0 Å². The summed E-state index contributed by atoms with van der Waals surface area (Å²) in [5, 5.41) is 5.65. The molecule has 11 heteroatoms. The second kappa shape index (κ2) is 13.8. The highest BCUT2D eigenvalue weighted by atomic mass is 19.1. The number of hydrogen-bond donors (Lipinski definition) is 1. The van der Waals surface area contributed by atoms with Crippen molar-refractivity contribution in [2.75, 3.05) is 6.61 Å². The fraction of sp³-hybridized carbons (Fsp3) is 0.308. The number of nitrogens with zero attached hydrogens (tertiary/aromatic N) is 5. The Morgan fingerprint density at radius 1 is 1.04 bits per heavy atom. The van der Waals surface area contributed by atoms with Crippen molar-refractivity contribution < 1.29 is 23.0 Å². The van der Waals surface area contributed by atoms with Crippen LogP contribution >= 0.6 is 0 Å². The topological polar surface area (TPSA) is 108 Å². The van der Waals surface area contributed by atoms with Gasteiger partial charge >= 0.3 is 5.97 Å². The first-order valence-corrected chi connectivity index (χ1v) is 16.9. The number of rotatable bonds is 5. The van der Waals surface area contributed by atoms with Gasteiger partial charge in [-0.3, -0.25) is 14.8 Å². The van der Waals surface area contributed by atoms with Gasteiger partial charge in [-0.1, -0.05) is 30.7 Å². The molecule has 8 rings (SSSR count). The van der Waals surface area contributed by atoms with Gasteiger partial charge in [0, 0.05) is 61.0 Å². The predicted octanol–water partition coefficient (Wildman–Crippen LogP) is 7.94. The first-order chi connectivity index (χ1) is 24.2. The number of nitrogens with one attached hydrogen (secondary N) is 1. The molecule has 0 fully saturated rings. The van der Waals surface area contributed by atoms with Gasteiger partial charge < -0.3 is 14.5 Å². The Labute approximate surface area is 288 Å². The monoisotopic (exact) mass is 676 g/mol. The molecular weight excluding hydrogens is 638 g/mol. The largest absolute Gasteiger partial charge is 0.466 e. The number of esters is 1. The molecule has 0 aliphatic carbocycles. The standard InChI is InChI=1S/C39H38F2N6O3/c1-4-49-35(48)14-11-24-8-7-9-25(18-24)39(2)16-6-5-10-26-22-44-27(23-43-26)19-30-29-15-17-42-34(29)21-33(41)36(30)50-28-12-13-32(40)31(20-28)37-45-38(39)46-47(37)3/h7-9,12-13,15,17-18,20-23,42H,4-6,10-11,14,16,19H2,1-3H3. The third-order valence-electron chi connectivity index (χ3n) is 9.49. The minimum Gasteiger partial charge on any atom is -0.466 e. The Balaban J connectivity index is 1.32. The van der Waals surface area contributed by atoms with Gasteiger partial charge in [-0.2, -0.15) is 5.10 Å². The van der Waals surface area contributed by atoms with Crippen LogP contribution in [0.3, 0.4) is 0 Å². The van der Waals surface area contributed by atoms with E-state index in [1.807, 2.05) is 24.3 Å². The van der Waals surface area contributed by atoms with E-state index in [1.54, 1.807) is 37.2 Å². The first-order valence-electron chi connectivity index (χ1n) is 16.9. The van der Waals surface area contributed by atoms with Crippen molar-refractivity contribution in [1.82, 2.24) is 29.7 Å². The van der Waals surface area contributed by atoms with Crippen LogP contribution in [0.4, 0.5) is 8.78 Å². The summed E-state index contributed by atoms with van der Waals surface area (Å²) in [5.74, 6) is -0.164. The van der Waals surface area contributed by atoms with Crippen molar-refractivity contribution in [1.29, 1.82) is 0 Å². The lowest BCUT2D eigenvalue weighted by Crippen LogP contribution is -2.26. The average molecular weight is 677 g/mol. The molecule has 1 unspecified atom stereocenters. The highest BCUT2D eigenvalue weighted by Crippen LogP contribution is 2.40. The van der Waals surface area contributed by atoms with Gasteiger partial charge in [-0.15, -0.1) is 0 Å². The van der Waals surface area contributed by atoms with Gasteiger partial charge in [0.05, 0.1) is 29.0 Å². The molecule has 6 aromatic rings. The van der Waals surface area contributed by atoms with Crippen molar-refractivity contribution in [2.45, 2.75) is 64.2 Å². The Kier molecular flexibility index (Phi) is 9.14. The normalized spacial score (nSPS) is 16.3. The summed E-state index contributed by atoms with van der Waals surface area (Å²) in [6.45, 7) is 4.24. The van der Waals surface area contributed by atoms with Crippen molar-refractivity contribution >= 4 is 16.9 Å². The van der Waals surface area contributed by atoms with Gasteiger partial charge in [0.1, 0.15) is 11.6 Å². The number of fused-ring (bicyclic) bond motifs is 7. The number of benzene rings is 3. The number of aromatic amines is 1. The number of carbonyl (C=O) groups excluding carboxylic acids is 1. The van der Waals surface area contributed by atoms with Gasteiger partial charge in [0.15, 0.2) is 23.2 Å². The molecule has 2 aliphatic rings. The molecule has 1 N–H and O–H groups in total. The molecule has 50 heavy (non-hydrogen) atoms. The molecular formula is C39H38F2N6O3. The van der Waals surface area contributed by atoms with Gasteiger partial charge in [-0.25, -0.2) is 18.4 Å². The number of carbonyl (C=O) groups is 1. The highest BCUT2D eigenvalue weighted by Gasteiger charge is 2.34. The summed E-state index contributed by atoms with van der Waals surface area (Å²) in [7, 11) is 1.74. The van der Waals surface area contributed by atoms with E-state index >= 15 is 8.78 Å². The maximum Gasteiger partial charge on any atom is 0.306 e. The minimum atomic E-state index is -0.650. The fourth-order valence-corrected chi connectivity index (χ4v) is 6.72. The van der Waals surface area contributed by atoms with Crippen LogP contribution in [-0.4, -0.2) is 42.3 Å². The van der Waals surface area contributed by atoms with Crippen LogP contribution in [0.25, 0.3) is 22.3 Å². The molecule has 2 aliphatic heterocycles. The van der Waals surface area contributed by atoms with Crippen molar-refractivity contribution in [2.24, 2.45) is 7.05 Å². The van der Waals surface area contributed by atoms with Crippen LogP contribution in [0.5, 0.6) is 11.5 Å². The van der Waals surface area contributed by atoms with Crippen LogP contribution in [0.15, 0.2) is 73.2 Å². The van der Waals surface area contributed by atoms with E-state index in [-0.39, 0.29) is 35.9 Å². The Morgan fingerprint density at radius 3 is 2.70 bits per heavy atom. The quantitative estimate of drug-likeness (QED) is 0.185. The van der Waals surface area contributed by atoms with Crippen LogP contribution in [-0.2, 0) is 41.3 Å². The number of aromatic nitrogens is 6. The lowest BCUT2D eigenvalue weighted by atomic mass is 9.76. The summed E-state index contributed by atoms with van der Waals surface area (Å²) in [5.41, 5.74) is 4.29. The summed E-state index contributed by atoms with van der Waals surface area (Å²) < 4.78 is 44.3. The van der Waals surface area contributed by atoms with E-state index in [0.29, 0.717) is 47.9 Å². The lowest BCUT2D eigenvalue weighted by Gasteiger charge is -2.28. The van der Waals surface area contributed by atoms with E-state index in [0.717, 1.165) is 41.5 Å². The minimum absolute atomic E-state index is 0.0347. The maximum absolute atomic E-state index is 15.7. The fourth-order valence-electron chi connectivity index (χ4n) is 6.72. The average Bonchev–Trinajstić information content (AvgIpc) is 3.75. The highest BCUT2D eigenvalue weighted by molar-refractivity contribution is 5.86. The lowest BCUT2D eigenvalue weighted by molar-refractivity contribution is -0.143. The number of ether oxygens (including phenoxy) is 2. The van der Waals surface area contributed by atoms with E-state index in [4.69, 9.17) is 24.5 Å². The maximum atomic E-state index is 15.7.